The Hall–Kier alpha value is -2.98. The lowest BCUT2D eigenvalue weighted by Gasteiger charge is -2.17. The Bertz CT molecular complexity index is 846. The predicted octanol–water partition coefficient (Wildman–Crippen LogP) is 4.36. The van der Waals surface area contributed by atoms with Crippen LogP contribution in [0.2, 0.25) is 0 Å². The summed E-state index contributed by atoms with van der Waals surface area (Å²) in [6, 6.07) is 22.8. The quantitative estimate of drug-likeness (QED) is 0.688. The maximum absolute atomic E-state index is 10.7. The summed E-state index contributed by atoms with van der Waals surface area (Å²) in [7, 11) is 3.18. The van der Waals surface area contributed by atoms with Crippen LogP contribution in [-0.2, 0) is 6.61 Å². The molecule has 4 heteroatoms. The van der Waals surface area contributed by atoms with E-state index in [1.807, 2.05) is 66.7 Å². The first-order chi connectivity index (χ1) is 12.7. The van der Waals surface area contributed by atoms with E-state index in [2.05, 4.69) is 0 Å². The van der Waals surface area contributed by atoms with Crippen LogP contribution in [-0.4, -0.2) is 19.3 Å². The Balaban J connectivity index is 1.81. The molecule has 0 aliphatic carbocycles. The van der Waals surface area contributed by atoms with Crippen molar-refractivity contribution in [2.75, 3.05) is 14.2 Å². The van der Waals surface area contributed by atoms with Gasteiger partial charge in [-0.05, 0) is 29.3 Å². The maximum atomic E-state index is 10.7. The van der Waals surface area contributed by atoms with Gasteiger partial charge >= 0.3 is 0 Å². The second-order valence-corrected chi connectivity index (χ2v) is 5.83. The van der Waals surface area contributed by atoms with Crippen LogP contribution in [0.5, 0.6) is 17.2 Å². The first-order valence-electron chi connectivity index (χ1n) is 8.38. The summed E-state index contributed by atoms with van der Waals surface area (Å²) in [5.41, 5.74) is 2.49. The van der Waals surface area contributed by atoms with Crippen molar-refractivity contribution in [2.45, 2.75) is 12.7 Å². The molecule has 134 valence electrons. The third kappa shape index (κ3) is 3.98. The van der Waals surface area contributed by atoms with Gasteiger partial charge in [-0.25, -0.2) is 0 Å². The lowest BCUT2D eigenvalue weighted by Crippen LogP contribution is -2.04. The molecule has 4 nitrogen and oxygen atoms in total. The van der Waals surface area contributed by atoms with E-state index in [0.29, 0.717) is 35.0 Å². The van der Waals surface area contributed by atoms with Gasteiger partial charge in [-0.2, -0.15) is 0 Å². The van der Waals surface area contributed by atoms with Crippen LogP contribution in [0.1, 0.15) is 22.8 Å². The average molecular weight is 350 g/mol. The van der Waals surface area contributed by atoms with Crippen LogP contribution in [0.25, 0.3) is 0 Å². The molecular weight excluding hydrogens is 328 g/mol. The fourth-order valence-electron chi connectivity index (χ4n) is 2.78. The van der Waals surface area contributed by atoms with Crippen LogP contribution >= 0.6 is 0 Å². The molecule has 0 saturated carbocycles. The van der Waals surface area contributed by atoms with Gasteiger partial charge in [0.05, 0.1) is 14.2 Å². The highest BCUT2D eigenvalue weighted by molar-refractivity contribution is 5.47. The van der Waals surface area contributed by atoms with Crippen LogP contribution < -0.4 is 14.2 Å². The lowest BCUT2D eigenvalue weighted by atomic mass is 10.00. The molecule has 0 aromatic heterocycles. The van der Waals surface area contributed by atoms with Crippen molar-refractivity contribution >= 4 is 0 Å². The molecule has 0 saturated heterocycles. The number of para-hydroxylation sites is 1. The fourth-order valence-corrected chi connectivity index (χ4v) is 2.78. The number of methoxy groups -OCH3 is 2. The van der Waals surface area contributed by atoms with E-state index in [0.717, 1.165) is 5.56 Å². The first kappa shape index (κ1) is 17.8. The van der Waals surface area contributed by atoms with E-state index >= 15 is 0 Å². The molecule has 0 spiro atoms. The van der Waals surface area contributed by atoms with Crippen molar-refractivity contribution in [2.24, 2.45) is 0 Å². The van der Waals surface area contributed by atoms with E-state index < -0.39 is 6.10 Å². The molecule has 0 aliphatic heterocycles. The highest BCUT2D eigenvalue weighted by Crippen LogP contribution is 2.35. The van der Waals surface area contributed by atoms with Gasteiger partial charge in [-0.3, -0.25) is 0 Å². The number of rotatable bonds is 7. The molecule has 1 N–H and O–H groups in total. The Labute approximate surface area is 153 Å². The Kier molecular flexibility index (Phi) is 5.77. The minimum Gasteiger partial charge on any atom is -0.496 e. The monoisotopic (exact) mass is 350 g/mol. The van der Waals surface area contributed by atoms with Gasteiger partial charge in [0, 0.05) is 5.56 Å². The molecule has 0 amide bonds. The number of aliphatic hydroxyl groups is 1. The third-order valence-electron chi connectivity index (χ3n) is 4.17. The number of benzene rings is 3. The Morgan fingerprint density at radius 1 is 0.769 bits per heavy atom. The van der Waals surface area contributed by atoms with Crippen molar-refractivity contribution in [1.82, 2.24) is 0 Å². The van der Waals surface area contributed by atoms with E-state index in [4.69, 9.17) is 14.2 Å². The van der Waals surface area contributed by atoms with Crippen LogP contribution in [0, 0.1) is 0 Å². The zero-order valence-electron chi connectivity index (χ0n) is 14.9. The van der Waals surface area contributed by atoms with E-state index in [-0.39, 0.29) is 0 Å². The van der Waals surface area contributed by atoms with Gasteiger partial charge in [0.25, 0.3) is 0 Å². The van der Waals surface area contributed by atoms with E-state index in [1.54, 1.807) is 20.3 Å². The van der Waals surface area contributed by atoms with Crippen LogP contribution in [0.15, 0.2) is 72.8 Å². The Morgan fingerprint density at radius 2 is 1.46 bits per heavy atom. The van der Waals surface area contributed by atoms with Crippen molar-refractivity contribution in [1.29, 1.82) is 0 Å². The standard InChI is InChI=1S/C22H22O4/c1-24-19-11-7-6-10-18(19)22(23)17-12-13-20(21(14-17)25-2)26-15-16-8-4-3-5-9-16/h3-14,22-23H,15H2,1-2H3. The van der Waals surface area contributed by atoms with Gasteiger partial charge in [0.15, 0.2) is 11.5 Å². The topological polar surface area (TPSA) is 47.9 Å². The number of aliphatic hydroxyl groups excluding tert-OH is 1. The highest BCUT2D eigenvalue weighted by Gasteiger charge is 2.17. The van der Waals surface area contributed by atoms with E-state index in [9.17, 15) is 5.11 Å². The van der Waals surface area contributed by atoms with Gasteiger partial charge in [-0.1, -0.05) is 54.6 Å². The van der Waals surface area contributed by atoms with Gasteiger partial charge in [-0.15, -0.1) is 0 Å². The van der Waals surface area contributed by atoms with Crippen molar-refractivity contribution in [3.05, 3.63) is 89.5 Å². The predicted molar refractivity (Wildman–Crippen MR) is 101 cm³/mol. The Morgan fingerprint density at radius 3 is 2.19 bits per heavy atom. The summed E-state index contributed by atoms with van der Waals surface area (Å²) >= 11 is 0. The summed E-state index contributed by atoms with van der Waals surface area (Å²) in [6.07, 6.45) is -0.816. The minimum atomic E-state index is -0.816. The van der Waals surface area contributed by atoms with Gasteiger partial charge in [0.1, 0.15) is 18.5 Å². The molecule has 26 heavy (non-hydrogen) atoms. The largest absolute Gasteiger partial charge is 0.496 e. The lowest BCUT2D eigenvalue weighted by molar-refractivity contribution is 0.213. The highest BCUT2D eigenvalue weighted by atomic mass is 16.5. The summed E-state index contributed by atoms with van der Waals surface area (Å²) < 4.78 is 16.7. The SMILES string of the molecule is COc1cc(C(O)c2ccccc2OC)ccc1OCc1ccccc1. The van der Waals surface area contributed by atoms with Crippen molar-refractivity contribution < 1.29 is 19.3 Å². The molecule has 3 aromatic carbocycles. The van der Waals surface area contributed by atoms with Crippen LogP contribution in [0.3, 0.4) is 0 Å². The van der Waals surface area contributed by atoms with E-state index in [1.165, 1.54) is 0 Å². The summed E-state index contributed by atoms with van der Waals surface area (Å²) in [5, 5.41) is 10.7. The zero-order valence-corrected chi connectivity index (χ0v) is 14.9. The number of hydrogen-bond acceptors (Lipinski definition) is 4. The molecule has 3 rings (SSSR count). The van der Waals surface area contributed by atoms with Crippen LogP contribution in [0.4, 0.5) is 0 Å². The van der Waals surface area contributed by atoms with Crippen molar-refractivity contribution in [3.63, 3.8) is 0 Å². The van der Waals surface area contributed by atoms with Gasteiger partial charge in [0.2, 0.25) is 0 Å². The molecule has 0 aliphatic rings. The molecular formula is C22H22O4. The molecule has 0 bridgehead atoms. The second-order valence-electron chi connectivity index (χ2n) is 5.83. The minimum absolute atomic E-state index is 0.450. The molecule has 0 radical (unpaired) electrons. The molecule has 0 heterocycles. The number of hydrogen-bond donors (Lipinski definition) is 1. The summed E-state index contributed by atoms with van der Waals surface area (Å²) in [5.74, 6) is 1.85. The van der Waals surface area contributed by atoms with Crippen molar-refractivity contribution in [3.8, 4) is 17.2 Å². The summed E-state index contributed by atoms with van der Waals surface area (Å²) in [4.78, 5) is 0. The molecule has 3 aromatic rings. The first-order valence-corrected chi connectivity index (χ1v) is 8.38. The smallest absolute Gasteiger partial charge is 0.161 e. The molecule has 1 atom stereocenters. The fraction of sp³-hybridized carbons (Fsp3) is 0.182. The number of ether oxygens (including phenoxy) is 3. The normalized spacial score (nSPS) is 11.7. The van der Waals surface area contributed by atoms with Gasteiger partial charge < -0.3 is 19.3 Å². The molecule has 0 fully saturated rings. The maximum Gasteiger partial charge on any atom is 0.161 e. The zero-order chi connectivity index (χ0) is 18.4. The molecule has 1 unspecified atom stereocenters. The summed E-state index contributed by atoms with van der Waals surface area (Å²) in [6.45, 7) is 0.450. The third-order valence-corrected chi connectivity index (χ3v) is 4.17. The second kappa shape index (κ2) is 8.41. The average Bonchev–Trinajstić information content (AvgIpc) is 2.72.